The van der Waals surface area contributed by atoms with Gasteiger partial charge in [-0.05, 0) is 18.2 Å². The summed E-state index contributed by atoms with van der Waals surface area (Å²) in [6.07, 6.45) is 0. The average Bonchev–Trinajstić information content (AvgIpc) is 2.26. The highest BCUT2D eigenvalue weighted by molar-refractivity contribution is 9.09. The highest BCUT2D eigenvalue weighted by Gasteiger charge is 2.24. The molecule has 1 rings (SSSR count). The van der Waals surface area contributed by atoms with Crippen LogP contribution in [0.25, 0.3) is 0 Å². The van der Waals surface area contributed by atoms with Gasteiger partial charge in [-0.15, -0.1) is 0 Å². The van der Waals surface area contributed by atoms with Crippen LogP contribution in [0.5, 0.6) is 5.75 Å². The molecule has 0 aliphatic heterocycles. The van der Waals surface area contributed by atoms with Crippen LogP contribution in [0, 0.1) is 5.82 Å². The van der Waals surface area contributed by atoms with E-state index in [1.54, 1.807) is 13.2 Å². The molecule has 90 valence electrons. The van der Waals surface area contributed by atoms with Crippen molar-refractivity contribution in [1.29, 1.82) is 0 Å². The van der Waals surface area contributed by atoms with E-state index in [1.165, 1.54) is 12.1 Å². The van der Waals surface area contributed by atoms with Crippen LogP contribution in [0.1, 0.15) is 19.4 Å². The number of nitrogens with one attached hydrogen (secondary N) is 1. The van der Waals surface area contributed by atoms with E-state index in [4.69, 9.17) is 4.74 Å². The Balaban J connectivity index is 3.04. The Morgan fingerprint density at radius 1 is 1.44 bits per heavy atom. The lowest BCUT2D eigenvalue weighted by molar-refractivity contribution is 0.386. The van der Waals surface area contributed by atoms with Crippen molar-refractivity contribution >= 4 is 15.9 Å². The third-order valence-electron chi connectivity index (χ3n) is 2.55. The van der Waals surface area contributed by atoms with Gasteiger partial charge in [0, 0.05) is 17.5 Å². The Morgan fingerprint density at radius 2 is 2.12 bits per heavy atom. The molecule has 4 heteroatoms. The summed E-state index contributed by atoms with van der Waals surface area (Å²) in [5, 5.41) is 3.20. The van der Waals surface area contributed by atoms with Crippen LogP contribution in [0.2, 0.25) is 0 Å². The minimum absolute atomic E-state index is 0.179. The Morgan fingerprint density at radius 3 is 2.69 bits per heavy atom. The monoisotopic (exact) mass is 289 g/mol. The molecule has 0 spiro atoms. The number of rotatable bonds is 5. The van der Waals surface area contributed by atoms with Gasteiger partial charge in [-0.25, -0.2) is 4.39 Å². The van der Waals surface area contributed by atoms with Gasteiger partial charge in [0.25, 0.3) is 0 Å². The summed E-state index contributed by atoms with van der Waals surface area (Å²) in [7, 11) is 1.60. The summed E-state index contributed by atoms with van der Waals surface area (Å²) in [6, 6.07) is 4.62. The number of hydrogen-bond donors (Lipinski definition) is 1. The summed E-state index contributed by atoms with van der Waals surface area (Å²) >= 11 is 3.31. The predicted octanol–water partition coefficient (Wildman–Crippen LogP) is 3.05. The van der Waals surface area contributed by atoms with Crippen molar-refractivity contribution < 1.29 is 9.13 Å². The largest absolute Gasteiger partial charge is 0.496 e. The minimum atomic E-state index is -0.234. The smallest absolute Gasteiger partial charge is 0.123 e. The zero-order valence-corrected chi connectivity index (χ0v) is 11.4. The fraction of sp³-hybridized carbons (Fsp3) is 0.500. The first-order valence-corrected chi connectivity index (χ1v) is 6.24. The molecule has 0 aromatic heterocycles. The number of methoxy groups -OCH3 is 1. The number of hydrogen-bond acceptors (Lipinski definition) is 2. The molecule has 0 unspecified atom stereocenters. The lowest BCUT2D eigenvalue weighted by Gasteiger charge is -2.27. The van der Waals surface area contributed by atoms with E-state index in [0.29, 0.717) is 5.45 Å². The van der Waals surface area contributed by atoms with Crippen molar-refractivity contribution in [1.82, 2.24) is 5.32 Å². The normalized spacial score (nSPS) is 11.6. The van der Waals surface area contributed by atoms with Crippen molar-refractivity contribution in [3.05, 3.63) is 29.6 Å². The van der Waals surface area contributed by atoms with Crippen molar-refractivity contribution in [2.75, 3.05) is 19.1 Å². The molecule has 1 aromatic carbocycles. The number of benzene rings is 1. The van der Waals surface area contributed by atoms with Gasteiger partial charge < -0.3 is 10.1 Å². The second-order valence-electron chi connectivity index (χ2n) is 4.29. The van der Waals surface area contributed by atoms with Gasteiger partial charge >= 0.3 is 0 Å². The maximum Gasteiger partial charge on any atom is 0.123 e. The SMILES string of the molecule is COc1ccc(F)cc1C(C)(C)CNCBr. The molecule has 0 atom stereocenters. The second kappa shape index (κ2) is 5.64. The van der Waals surface area contributed by atoms with Crippen LogP contribution in [-0.4, -0.2) is 19.1 Å². The average molecular weight is 290 g/mol. The van der Waals surface area contributed by atoms with E-state index in [2.05, 4.69) is 35.1 Å². The summed E-state index contributed by atoms with van der Waals surface area (Å²) in [5.41, 5.74) is 1.42. The maximum absolute atomic E-state index is 13.3. The molecule has 1 aromatic rings. The molecular weight excluding hydrogens is 273 g/mol. The van der Waals surface area contributed by atoms with Crippen molar-refractivity contribution in [2.45, 2.75) is 19.3 Å². The molecule has 0 bridgehead atoms. The Kier molecular flexibility index (Phi) is 4.74. The van der Waals surface area contributed by atoms with E-state index in [-0.39, 0.29) is 11.2 Å². The van der Waals surface area contributed by atoms with Crippen LogP contribution in [0.4, 0.5) is 4.39 Å². The third-order valence-corrected chi connectivity index (χ3v) is 2.95. The van der Waals surface area contributed by atoms with Gasteiger partial charge in [0.15, 0.2) is 0 Å². The highest BCUT2D eigenvalue weighted by atomic mass is 79.9. The maximum atomic E-state index is 13.3. The van der Waals surface area contributed by atoms with Gasteiger partial charge in [0.1, 0.15) is 11.6 Å². The van der Waals surface area contributed by atoms with E-state index < -0.39 is 0 Å². The van der Waals surface area contributed by atoms with E-state index in [0.717, 1.165) is 17.9 Å². The Bertz CT molecular complexity index is 355. The molecular formula is C12H17BrFNO. The van der Waals surface area contributed by atoms with Crippen LogP contribution in [0.15, 0.2) is 18.2 Å². The minimum Gasteiger partial charge on any atom is -0.496 e. The van der Waals surface area contributed by atoms with Crippen LogP contribution in [-0.2, 0) is 5.41 Å². The summed E-state index contributed by atoms with van der Waals surface area (Å²) < 4.78 is 18.5. The number of halogens is 2. The van der Waals surface area contributed by atoms with E-state index in [9.17, 15) is 4.39 Å². The molecule has 0 saturated carbocycles. The van der Waals surface area contributed by atoms with Crippen molar-refractivity contribution in [2.24, 2.45) is 0 Å². The fourth-order valence-corrected chi connectivity index (χ4v) is 1.86. The molecule has 0 saturated heterocycles. The van der Waals surface area contributed by atoms with Crippen LogP contribution in [0.3, 0.4) is 0 Å². The second-order valence-corrected chi connectivity index (χ2v) is 4.85. The van der Waals surface area contributed by atoms with Crippen LogP contribution < -0.4 is 10.1 Å². The molecule has 0 aliphatic carbocycles. The lowest BCUT2D eigenvalue weighted by atomic mass is 9.84. The molecule has 2 nitrogen and oxygen atoms in total. The van der Waals surface area contributed by atoms with E-state index in [1.807, 2.05) is 0 Å². The molecule has 0 amide bonds. The molecule has 0 heterocycles. The Labute approximate surface area is 104 Å². The van der Waals surface area contributed by atoms with Gasteiger partial charge in [0.05, 0.1) is 12.6 Å². The van der Waals surface area contributed by atoms with E-state index >= 15 is 0 Å². The van der Waals surface area contributed by atoms with Gasteiger partial charge in [-0.3, -0.25) is 0 Å². The van der Waals surface area contributed by atoms with Crippen molar-refractivity contribution in [3.8, 4) is 5.75 Å². The number of alkyl halides is 1. The standard InChI is InChI=1S/C12H17BrFNO/c1-12(2,7-15-8-13)10-6-9(14)4-5-11(10)16-3/h4-6,15H,7-8H2,1-3H3. The number of ether oxygens (including phenoxy) is 1. The molecule has 0 aliphatic rings. The lowest BCUT2D eigenvalue weighted by Crippen LogP contribution is -2.32. The predicted molar refractivity (Wildman–Crippen MR) is 67.8 cm³/mol. The molecule has 1 N–H and O–H groups in total. The molecule has 16 heavy (non-hydrogen) atoms. The topological polar surface area (TPSA) is 21.3 Å². The zero-order chi connectivity index (χ0) is 12.2. The van der Waals surface area contributed by atoms with Gasteiger partial charge in [-0.2, -0.15) is 0 Å². The van der Waals surface area contributed by atoms with Gasteiger partial charge in [0.2, 0.25) is 0 Å². The summed E-state index contributed by atoms with van der Waals surface area (Å²) in [6.45, 7) is 4.86. The molecule has 0 radical (unpaired) electrons. The molecule has 0 fully saturated rings. The van der Waals surface area contributed by atoms with Gasteiger partial charge in [-0.1, -0.05) is 29.8 Å². The first-order chi connectivity index (χ1) is 7.51. The first-order valence-electron chi connectivity index (χ1n) is 5.12. The summed E-state index contributed by atoms with van der Waals surface area (Å²) in [4.78, 5) is 0. The zero-order valence-electron chi connectivity index (χ0n) is 9.81. The quantitative estimate of drug-likeness (QED) is 0.665. The highest BCUT2D eigenvalue weighted by Crippen LogP contribution is 2.31. The third kappa shape index (κ3) is 3.19. The van der Waals surface area contributed by atoms with Crippen molar-refractivity contribution in [3.63, 3.8) is 0 Å². The summed E-state index contributed by atoms with van der Waals surface area (Å²) in [5.74, 6) is 0.491. The first kappa shape index (κ1) is 13.5. The Hall–Kier alpha value is -0.610. The van der Waals surface area contributed by atoms with Crippen LogP contribution >= 0.6 is 15.9 Å². The fourth-order valence-electron chi connectivity index (χ4n) is 1.66.